The summed E-state index contributed by atoms with van der Waals surface area (Å²) >= 11 is 0. The monoisotopic (exact) mass is 200 g/mol. The van der Waals surface area contributed by atoms with Gasteiger partial charge < -0.3 is 4.74 Å². The Bertz CT molecular complexity index is 148. The van der Waals surface area contributed by atoms with Crippen LogP contribution >= 0.6 is 0 Å². The van der Waals surface area contributed by atoms with E-state index >= 15 is 0 Å². The van der Waals surface area contributed by atoms with Gasteiger partial charge in [0.1, 0.15) is 5.23 Å². The van der Waals surface area contributed by atoms with Crippen molar-refractivity contribution >= 4 is 0 Å². The molecule has 0 amide bonds. The molecule has 2 heterocycles. The zero-order chi connectivity index (χ0) is 9.80. The minimum absolute atomic E-state index is 0.793. The first-order chi connectivity index (χ1) is 6.88. The quantitative estimate of drug-likeness (QED) is 0.376. The number of hydrazine groups is 3. The molecule has 0 atom stereocenters. The summed E-state index contributed by atoms with van der Waals surface area (Å²) < 4.78 is 5.29. The van der Waals surface area contributed by atoms with Crippen molar-refractivity contribution in [2.45, 2.75) is 19.3 Å². The van der Waals surface area contributed by atoms with Gasteiger partial charge in [0, 0.05) is 0 Å². The summed E-state index contributed by atoms with van der Waals surface area (Å²) in [5, 5.41) is 6.20. The molecular weight excluding hydrogens is 180 g/mol. The molecule has 2 aliphatic rings. The zero-order valence-electron chi connectivity index (χ0n) is 8.69. The second kappa shape index (κ2) is 5.04. The minimum Gasteiger partial charge on any atom is -0.378 e. The van der Waals surface area contributed by atoms with E-state index in [-0.39, 0.29) is 0 Å². The third-order valence-electron chi connectivity index (χ3n) is 2.90. The summed E-state index contributed by atoms with van der Waals surface area (Å²) in [6.45, 7) is 5.59. The highest BCUT2D eigenvalue weighted by atomic mass is 16.5. The maximum atomic E-state index is 6.05. The Hall–Kier alpha value is -0.200. The SMILES string of the molecule is N[N+](N1CCCCC1)N1CCOCC1. The second-order valence-corrected chi connectivity index (χ2v) is 3.90. The summed E-state index contributed by atoms with van der Waals surface area (Å²) in [4.78, 5) is 0. The molecule has 0 aromatic carbocycles. The number of piperidine rings is 1. The van der Waals surface area contributed by atoms with Gasteiger partial charge in [-0.05, 0) is 12.8 Å². The normalized spacial score (nSPS) is 27.0. The summed E-state index contributed by atoms with van der Waals surface area (Å²) in [5.74, 6) is 6.05. The van der Waals surface area contributed by atoms with Gasteiger partial charge in [-0.2, -0.15) is 0 Å². The van der Waals surface area contributed by atoms with E-state index < -0.39 is 0 Å². The summed E-state index contributed by atoms with van der Waals surface area (Å²) in [5.41, 5.74) is 0. The van der Waals surface area contributed by atoms with E-state index in [0.717, 1.165) is 39.4 Å². The average molecular weight is 200 g/mol. The molecule has 2 fully saturated rings. The summed E-state index contributed by atoms with van der Waals surface area (Å²) in [6.07, 6.45) is 3.86. The van der Waals surface area contributed by atoms with Gasteiger partial charge >= 0.3 is 0 Å². The lowest BCUT2D eigenvalue weighted by atomic mass is 10.2. The lowest BCUT2D eigenvalue weighted by molar-refractivity contribution is -0.139. The van der Waals surface area contributed by atoms with Crippen molar-refractivity contribution in [1.82, 2.24) is 15.2 Å². The Morgan fingerprint density at radius 1 is 0.857 bits per heavy atom. The first-order valence-electron chi connectivity index (χ1n) is 5.50. The van der Waals surface area contributed by atoms with E-state index in [1.807, 2.05) is 5.23 Å². The molecule has 0 unspecified atom stereocenters. The predicted molar refractivity (Wildman–Crippen MR) is 54.1 cm³/mol. The molecule has 5 heteroatoms. The molecule has 2 aliphatic heterocycles. The van der Waals surface area contributed by atoms with Crippen LogP contribution in [0.25, 0.3) is 0 Å². The molecule has 81 valence electrons. The van der Waals surface area contributed by atoms with Gasteiger partial charge in [0.15, 0.2) is 0 Å². The van der Waals surface area contributed by atoms with Crippen LogP contribution in [0.15, 0.2) is 0 Å². The van der Waals surface area contributed by atoms with Crippen LogP contribution in [0.1, 0.15) is 19.3 Å². The van der Waals surface area contributed by atoms with Crippen molar-refractivity contribution in [1.29, 1.82) is 0 Å². The molecule has 0 aliphatic carbocycles. The molecule has 14 heavy (non-hydrogen) atoms. The fourth-order valence-corrected chi connectivity index (χ4v) is 2.02. The molecule has 1 radical (unpaired) electrons. The van der Waals surface area contributed by atoms with Gasteiger partial charge in [-0.25, -0.2) is 0 Å². The average Bonchev–Trinajstić information content (AvgIpc) is 2.30. The van der Waals surface area contributed by atoms with Gasteiger partial charge in [0.25, 0.3) is 0 Å². The van der Waals surface area contributed by atoms with Crippen molar-refractivity contribution < 1.29 is 4.74 Å². The Morgan fingerprint density at radius 3 is 2.07 bits per heavy atom. The van der Waals surface area contributed by atoms with Crippen molar-refractivity contribution in [2.75, 3.05) is 39.4 Å². The molecule has 0 bridgehead atoms. The van der Waals surface area contributed by atoms with Crippen molar-refractivity contribution in [3.63, 3.8) is 0 Å². The number of hydrogen-bond acceptors (Lipinski definition) is 5. The lowest BCUT2D eigenvalue weighted by Crippen LogP contribution is -2.65. The van der Waals surface area contributed by atoms with Crippen molar-refractivity contribution in [3.8, 4) is 0 Å². The number of rotatable bonds is 2. The largest absolute Gasteiger partial charge is 0.378 e. The Kier molecular flexibility index (Phi) is 3.72. The van der Waals surface area contributed by atoms with Gasteiger partial charge in [0.05, 0.1) is 39.4 Å². The lowest BCUT2D eigenvalue weighted by Gasteiger charge is -2.30. The number of ether oxygens (including phenoxy) is 1. The van der Waals surface area contributed by atoms with Crippen molar-refractivity contribution in [2.24, 2.45) is 5.84 Å². The highest BCUT2D eigenvalue weighted by Crippen LogP contribution is 2.10. The molecule has 5 nitrogen and oxygen atoms in total. The molecule has 0 aromatic rings. The number of nitrogens with two attached hydrogens (primary N) is 1. The molecule has 0 aromatic heterocycles. The van der Waals surface area contributed by atoms with E-state index in [1.165, 1.54) is 19.3 Å². The van der Waals surface area contributed by atoms with Crippen LogP contribution in [0.2, 0.25) is 0 Å². The number of hydrogen-bond donors (Lipinski definition) is 1. The van der Waals surface area contributed by atoms with Crippen molar-refractivity contribution in [3.05, 3.63) is 0 Å². The van der Waals surface area contributed by atoms with Crippen LogP contribution in [0.3, 0.4) is 0 Å². The summed E-state index contributed by atoms with van der Waals surface area (Å²) in [7, 11) is 0. The Labute approximate surface area is 85.3 Å². The summed E-state index contributed by atoms with van der Waals surface area (Å²) in [6, 6.07) is 0. The highest BCUT2D eigenvalue weighted by Gasteiger charge is 2.33. The van der Waals surface area contributed by atoms with Gasteiger partial charge in [-0.15, -0.1) is 0 Å². The fourth-order valence-electron chi connectivity index (χ4n) is 2.02. The molecule has 2 rings (SSSR count). The first-order valence-corrected chi connectivity index (χ1v) is 5.50. The van der Waals surface area contributed by atoms with E-state index in [0.29, 0.717) is 0 Å². The maximum Gasteiger partial charge on any atom is 0.105 e. The third-order valence-corrected chi connectivity index (χ3v) is 2.90. The smallest absolute Gasteiger partial charge is 0.105 e. The van der Waals surface area contributed by atoms with Crippen LogP contribution < -0.4 is 11.1 Å². The molecular formula is C9H20N4O+. The minimum atomic E-state index is 0.793. The van der Waals surface area contributed by atoms with E-state index in [9.17, 15) is 0 Å². The van der Waals surface area contributed by atoms with Crippen LogP contribution in [0.5, 0.6) is 0 Å². The van der Waals surface area contributed by atoms with Gasteiger partial charge in [0.2, 0.25) is 0 Å². The van der Waals surface area contributed by atoms with E-state index in [2.05, 4.69) is 10.0 Å². The molecule has 0 saturated carbocycles. The molecule has 0 spiro atoms. The van der Waals surface area contributed by atoms with E-state index in [4.69, 9.17) is 10.6 Å². The van der Waals surface area contributed by atoms with Crippen LogP contribution in [0, 0.1) is 0 Å². The topological polar surface area (TPSA) is 47.6 Å². The fraction of sp³-hybridized carbons (Fsp3) is 1.00. The third kappa shape index (κ3) is 2.43. The number of morpholine rings is 1. The Balaban J connectivity index is 1.82. The first kappa shape index (κ1) is 10.3. The predicted octanol–water partition coefficient (Wildman–Crippen LogP) is -0.352. The number of nitrogens with zero attached hydrogens (tertiary/aromatic N) is 3. The molecule has 2 saturated heterocycles. The standard InChI is InChI=1S/C9H20N4O/c10-13(11-4-2-1-3-5-11)12-6-8-14-9-7-12/h1-10H2/q+1. The Morgan fingerprint density at radius 2 is 1.43 bits per heavy atom. The maximum absolute atomic E-state index is 6.05. The van der Waals surface area contributed by atoms with E-state index in [1.54, 1.807) is 0 Å². The van der Waals surface area contributed by atoms with Gasteiger partial charge in [-0.1, -0.05) is 22.3 Å². The zero-order valence-corrected chi connectivity index (χ0v) is 8.69. The van der Waals surface area contributed by atoms with Crippen LogP contribution in [-0.2, 0) is 4.74 Å². The van der Waals surface area contributed by atoms with Crippen LogP contribution in [0.4, 0.5) is 0 Å². The van der Waals surface area contributed by atoms with Gasteiger partial charge in [-0.3, -0.25) is 0 Å². The molecule has 2 N–H and O–H groups in total. The highest BCUT2D eigenvalue weighted by molar-refractivity contribution is 4.65. The second-order valence-electron chi connectivity index (χ2n) is 3.90. The van der Waals surface area contributed by atoms with Crippen LogP contribution in [-0.4, -0.2) is 49.4 Å².